The quantitative estimate of drug-likeness (QED) is 0.372. The van der Waals surface area contributed by atoms with Crippen LogP contribution in [0.2, 0.25) is 0 Å². The number of furan rings is 1. The SMILES string of the molecule is Cc1cc(-c2nnc(CSc3ncnc4sc5c(c34)CCC5)o2)c(C)o1. The highest BCUT2D eigenvalue weighted by Crippen LogP contribution is 2.40. The predicted molar refractivity (Wildman–Crippen MR) is 100 cm³/mol. The average Bonchev–Trinajstić information content (AvgIpc) is 3.36. The van der Waals surface area contributed by atoms with Gasteiger partial charge in [0.25, 0.3) is 5.89 Å². The summed E-state index contributed by atoms with van der Waals surface area (Å²) in [5.74, 6) is 3.29. The van der Waals surface area contributed by atoms with E-state index in [1.807, 2.05) is 19.9 Å². The van der Waals surface area contributed by atoms with Crippen LogP contribution in [0.3, 0.4) is 0 Å². The van der Waals surface area contributed by atoms with E-state index in [1.54, 1.807) is 29.4 Å². The van der Waals surface area contributed by atoms with Gasteiger partial charge in [-0.2, -0.15) is 0 Å². The van der Waals surface area contributed by atoms with Crippen molar-refractivity contribution in [2.24, 2.45) is 0 Å². The van der Waals surface area contributed by atoms with Crippen LogP contribution in [-0.4, -0.2) is 20.2 Å². The molecule has 4 heterocycles. The molecule has 6 nitrogen and oxygen atoms in total. The number of fused-ring (bicyclic) bond motifs is 3. The number of thioether (sulfide) groups is 1. The molecule has 0 unspecified atom stereocenters. The van der Waals surface area contributed by atoms with Crippen molar-refractivity contribution < 1.29 is 8.83 Å². The number of rotatable bonds is 4. The van der Waals surface area contributed by atoms with Crippen molar-refractivity contribution in [3.05, 3.63) is 40.2 Å². The van der Waals surface area contributed by atoms with Crippen molar-refractivity contribution in [3.63, 3.8) is 0 Å². The van der Waals surface area contributed by atoms with Gasteiger partial charge < -0.3 is 8.83 Å². The van der Waals surface area contributed by atoms with Gasteiger partial charge in [0.1, 0.15) is 27.7 Å². The lowest BCUT2D eigenvalue weighted by molar-refractivity contribution is 0.499. The molecule has 0 saturated heterocycles. The minimum absolute atomic E-state index is 0.499. The molecule has 0 saturated carbocycles. The second kappa shape index (κ2) is 6.21. The Morgan fingerprint density at radius 3 is 2.92 bits per heavy atom. The van der Waals surface area contributed by atoms with Crippen LogP contribution < -0.4 is 0 Å². The van der Waals surface area contributed by atoms with Gasteiger partial charge in [0.15, 0.2) is 0 Å². The highest BCUT2D eigenvalue weighted by atomic mass is 32.2. The summed E-state index contributed by atoms with van der Waals surface area (Å²) in [6.45, 7) is 3.80. The summed E-state index contributed by atoms with van der Waals surface area (Å²) in [6.07, 6.45) is 5.16. The van der Waals surface area contributed by atoms with Crippen LogP contribution in [0.15, 0.2) is 26.3 Å². The Kier molecular flexibility index (Phi) is 3.82. The van der Waals surface area contributed by atoms with Gasteiger partial charge in [0, 0.05) is 10.3 Å². The van der Waals surface area contributed by atoms with E-state index in [4.69, 9.17) is 8.83 Å². The summed E-state index contributed by atoms with van der Waals surface area (Å²) in [6, 6.07) is 1.92. The standard InChI is InChI=1S/C18H16N4O2S2/c1-9-6-12(10(2)23-9)16-22-21-14(24-16)7-25-17-15-11-4-3-5-13(11)26-18(15)20-8-19-17/h6,8H,3-5,7H2,1-2H3. The maximum Gasteiger partial charge on any atom is 0.251 e. The number of aryl methyl sites for hydroxylation is 4. The maximum absolute atomic E-state index is 5.83. The van der Waals surface area contributed by atoms with Gasteiger partial charge in [-0.05, 0) is 44.7 Å². The summed E-state index contributed by atoms with van der Waals surface area (Å²) < 4.78 is 11.4. The molecule has 0 N–H and O–H groups in total. The first kappa shape index (κ1) is 16.0. The van der Waals surface area contributed by atoms with Crippen LogP contribution in [-0.2, 0) is 18.6 Å². The molecule has 0 fully saturated rings. The zero-order chi connectivity index (χ0) is 17.7. The Bertz CT molecular complexity index is 1110. The molecule has 0 aromatic carbocycles. The van der Waals surface area contributed by atoms with Crippen LogP contribution in [0.5, 0.6) is 0 Å². The third kappa shape index (κ3) is 2.64. The Balaban J connectivity index is 1.41. The Morgan fingerprint density at radius 2 is 2.08 bits per heavy atom. The van der Waals surface area contributed by atoms with Crippen LogP contribution in [0.4, 0.5) is 0 Å². The zero-order valence-electron chi connectivity index (χ0n) is 14.4. The molecule has 1 aliphatic rings. The van der Waals surface area contributed by atoms with Crippen LogP contribution >= 0.6 is 23.1 Å². The normalized spacial score (nSPS) is 13.6. The van der Waals surface area contributed by atoms with Crippen molar-refractivity contribution >= 4 is 33.3 Å². The van der Waals surface area contributed by atoms with Gasteiger partial charge in [0.05, 0.1) is 11.3 Å². The molecule has 26 heavy (non-hydrogen) atoms. The molecule has 0 radical (unpaired) electrons. The highest BCUT2D eigenvalue weighted by molar-refractivity contribution is 7.98. The molecule has 1 aliphatic carbocycles. The monoisotopic (exact) mass is 384 g/mol. The third-order valence-electron chi connectivity index (χ3n) is 4.54. The van der Waals surface area contributed by atoms with E-state index in [0.29, 0.717) is 17.5 Å². The molecule has 4 aromatic heterocycles. The van der Waals surface area contributed by atoms with E-state index >= 15 is 0 Å². The molecule has 5 rings (SSSR count). The minimum atomic E-state index is 0.499. The first-order chi connectivity index (χ1) is 12.7. The minimum Gasteiger partial charge on any atom is -0.466 e. The highest BCUT2D eigenvalue weighted by Gasteiger charge is 2.22. The van der Waals surface area contributed by atoms with Crippen molar-refractivity contribution in [1.29, 1.82) is 0 Å². The summed E-state index contributed by atoms with van der Waals surface area (Å²) in [7, 11) is 0. The number of hydrogen-bond donors (Lipinski definition) is 0. The zero-order valence-corrected chi connectivity index (χ0v) is 16.0. The predicted octanol–water partition coefficient (Wildman–Crippen LogP) is 4.73. The van der Waals surface area contributed by atoms with Crippen molar-refractivity contribution in [3.8, 4) is 11.5 Å². The van der Waals surface area contributed by atoms with Gasteiger partial charge in [-0.15, -0.1) is 21.5 Å². The van der Waals surface area contributed by atoms with Gasteiger partial charge in [-0.1, -0.05) is 11.8 Å². The van der Waals surface area contributed by atoms with Crippen LogP contribution in [0, 0.1) is 13.8 Å². The number of aromatic nitrogens is 4. The topological polar surface area (TPSA) is 77.8 Å². The molecular formula is C18H16N4O2S2. The summed E-state index contributed by atoms with van der Waals surface area (Å²) in [5.41, 5.74) is 2.29. The molecule has 8 heteroatoms. The van der Waals surface area contributed by atoms with Crippen LogP contribution in [0.25, 0.3) is 21.7 Å². The molecule has 0 atom stereocenters. The van der Waals surface area contributed by atoms with E-state index in [9.17, 15) is 0 Å². The first-order valence-corrected chi connectivity index (χ1v) is 10.3. The van der Waals surface area contributed by atoms with Crippen molar-refractivity contribution in [2.45, 2.75) is 43.9 Å². The fourth-order valence-corrected chi connectivity index (χ4v) is 5.56. The Morgan fingerprint density at radius 1 is 1.15 bits per heavy atom. The van der Waals surface area contributed by atoms with E-state index in [1.165, 1.54) is 22.2 Å². The number of nitrogens with zero attached hydrogens (tertiary/aromatic N) is 4. The molecule has 0 aliphatic heterocycles. The van der Waals surface area contributed by atoms with Crippen molar-refractivity contribution in [2.75, 3.05) is 0 Å². The molecular weight excluding hydrogens is 368 g/mol. The maximum atomic E-state index is 5.83. The van der Waals surface area contributed by atoms with Crippen molar-refractivity contribution in [1.82, 2.24) is 20.2 Å². The smallest absolute Gasteiger partial charge is 0.251 e. The van der Waals surface area contributed by atoms with Gasteiger partial charge in [-0.3, -0.25) is 0 Å². The van der Waals surface area contributed by atoms with E-state index in [2.05, 4.69) is 20.2 Å². The van der Waals surface area contributed by atoms with Gasteiger partial charge in [0.2, 0.25) is 5.89 Å². The fraction of sp³-hybridized carbons (Fsp3) is 0.333. The fourth-order valence-electron chi connectivity index (χ4n) is 3.40. The Hall–Kier alpha value is -2.19. The van der Waals surface area contributed by atoms with Gasteiger partial charge in [-0.25, -0.2) is 9.97 Å². The van der Waals surface area contributed by atoms with Gasteiger partial charge >= 0.3 is 0 Å². The van der Waals surface area contributed by atoms with E-state index < -0.39 is 0 Å². The van der Waals surface area contributed by atoms with E-state index in [-0.39, 0.29) is 0 Å². The first-order valence-electron chi connectivity index (χ1n) is 8.47. The second-order valence-corrected chi connectivity index (χ2v) is 8.38. The molecule has 4 aromatic rings. The molecule has 0 bridgehead atoms. The lowest BCUT2D eigenvalue weighted by Gasteiger charge is -2.01. The second-order valence-electron chi connectivity index (χ2n) is 6.33. The van der Waals surface area contributed by atoms with E-state index in [0.717, 1.165) is 39.8 Å². The average molecular weight is 384 g/mol. The molecule has 132 valence electrons. The Labute approximate surface area is 158 Å². The third-order valence-corrected chi connectivity index (χ3v) is 6.71. The largest absolute Gasteiger partial charge is 0.466 e. The summed E-state index contributed by atoms with van der Waals surface area (Å²) >= 11 is 3.43. The summed E-state index contributed by atoms with van der Waals surface area (Å²) in [5, 5.41) is 10.6. The molecule has 0 amide bonds. The number of hydrogen-bond acceptors (Lipinski definition) is 8. The van der Waals surface area contributed by atoms with Crippen LogP contribution in [0.1, 0.15) is 34.3 Å². The lowest BCUT2D eigenvalue weighted by Crippen LogP contribution is -1.88. The summed E-state index contributed by atoms with van der Waals surface area (Å²) in [4.78, 5) is 11.5. The lowest BCUT2D eigenvalue weighted by atomic mass is 10.2. The molecule has 0 spiro atoms. The number of thiophene rings is 1.